The van der Waals surface area contributed by atoms with Crippen molar-refractivity contribution in [3.05, 3.63) is 30.1 Å². The fourth-order valence-electron chi connectivity index (χ4n) is 2.76. The van der Waals surface area contributed by atoms with Gasteiger partial charge in [0.1, 0.15) is 0 Å². The Balaban J connectivity index is 2.49. The predicted molar refractivity (Wildman–Crippen MR) is 104 cm³/mol. The lowest BCUT2D eigenvalue weighted by molar-refractivity contribution is 0.126. The molecule has 138 valence electrons. The molecule has 0 saturated heterocycles. The lowest BCUT2D eigenvalue weighted by atomic mass is 10.1. The Kier molecular flexibility index (Phi) is 9.37. The smallest absolute Gasteiger partial charge is 0.323 e. The highest BCUT2D eigenvalue weighted by atomic mass is 28.5. The quantitative estimate of drug-likeness (QED) is 0.366. The van der Waals surface area contributed by atoms with E-state index in [0.717, 1.165) is 18.4 Å². The molecule has 4 nitrogen and oxygen atoms in total. The summed E-state index contributed by atoms with van der Waals surface area (Å²) in [5, 5.41) is 0. The van der Waals surface area contributed by atoms with Crippen LogP contribution < -0.4 is 0 Å². The molecule has 6 heteroatoms. The molecule has 1 aromatic rings. The molecule has 0 saturated carbocycles. The minimum Gasteiger partial charge on any atom is -0.415 e. The first-order valence-corrected chi connectivity index (χ1v) is 14.8. The molecule has 1 unspecified atom stereocenters. The average molecular weight is 370 g/mol. The standard InChI is InChI=1S/C18H35NO3Si2/c1-7-9-10-13-18(8-2)21-24(5,6)22-23(3,4)20-16-17-12-11-14-19-15-17/h11-12,14-15,18H,7-10,13,16H2,1-6H3. The Morgan fingerprint density at radius 1 is 1.08 bits per heavy atom. The van der Waals surface area contributed by atoms with Crippen LogP contribution in [0.3, 0.4) is 0 Å². The van der Waals surface area contributed by atoms with Gasteiger partial charge in [-0.2, -0.15) is 0 Å². The molecule has 0 N–H and O–H groups in total. The third-order valence-corrected chi connectivity index (χ3v) is 9.51. The van der Waals surface area contributed by atoms with Crippen LogP contribution in [0.1, 0.15) is 51.5 Å². The zero-order valence-corrected chi connectivity index (χ0v) is 18.3. The summed E-state index contributed by atoms with van der Waals surface area (Å²) in [5.74, 6) is 0. The monoisotopic (exact) mass is 369 g/mol. The van der Waals surface area contributed by atoms with Crippen LogP contribution in [-0.2, 0) is 19.6 Å². The Bertz CT molecular complexity index is 455. The van der Waals surface area contributed by atoms with Crippen LogP contribution in [0.4, 0.5) is 0 Å². The van der Waals surface area contributed by atoms with Gasteiger partial charge in [0.15, 0.2) is 0 Å². The van der Waals surface area contributed by atoms with E-state index >= 15 is 0 Å². The molecule has 0 fully saturated rings. The van der Waals surface area contributed by atoms with Crippen molar-refractivity contribution in [1.29, 1.82) is 0 Å². The average Bonchev–Trinajstić information content (AvgIpc) is 2.52. The molecular weight excluding hydrogens is 334 g/mol. The second kappa shape index (κ2) is 10.5. The van der Waals surface area contributed by atoms with Crippen LogP contribution in [0.5, 0.6) is 0 Å². The van der Waals surface area contributed by atoms with Gasteiger partial charge in [-0.05, 0) is 50.7 Å². The highest BCUT2D eigenvalue weighted by Crippen LogP contribution is 2.22. The number of aromatic nitrogens is 1. The number of unbranched alkanes of at least 4 members (excludes halogenated alkanes) is 2. The van der Waals surface area contributed by atoms with E-state index in [1.165, 1.54) is 19.3 Å². The third-order valence-electron chi connectivity index (χ3n) is 3.84. The molecule has 0 aliphatic heterocycles. The first-order valence-electron chi connectivity index (χ1n) is 9.19. The van der Waals surface area contributed by atoms with Gasteiger partial charge >= 0.3 is 17.1 Å². The topological polar surface area (TPSA) is 40.6 Å². The molecule has 0 bridgehead atoms. The predicted octanol–water partition coefficient (Wildman–Crippen LogP) is 5.39. The zero-order chi connectivity index (χ0) is 18.1. The molecular formula is C18H35NO3Si2. The lowest BCUT2D eigenvalue weighted by Crippen LogP contribution is -2.50. The van der Waals surface area contributed by atoms with Gasteiger partial charge in [0.2, 0.25) is 0 Å². The van der Waals surface area contributed by atoms with E-state index in [1.807, 2.05) is 18.3 Å². The number of hydrogen-bond donors (Lipinski definition) is 0. The van der Waals surface area contributed by atoms with Gasteiger partial charge in [0.25, 0.3) is 0 Å². The summed E-state index contributed by atoms with van der Waals surface area (Å²) in [5.41, 5.74) is 1.08. The highest BCUT2D eigenvalue weighted by molar-refractivity contribution is 6.78. The van der Waals surface area contributed by atoms with Crippen LogP contribution in [0.25, 0.3) is 0 Å². The van der Waals surface area contributed by atoms with Crippen molar-refractivity contribution in [3.63, 3.8) is 0 Å². The largest absolute Gasteiger partial charge is 0.415 e. The third kappa shape index (κ3) is 9.08. The van der Waals surface area contributed by atoms with E-state index in [-0.39, 0.29) is 0 Å². The van der Waals surface area contributed by atoms with E-state index in [2.05, 4.69) is 45.0 Å². The number of rotatable bonds is 12. The summed E-state index contributed by atoms with van der Waals surface area (Å²) < 4.78 is 18.9. The molecule has 24 heavy (non-hydrogen) atoms. The highest BCUT2D eigenvalue weighted by Gasteiger charge is 2.37. The van der Waals surface area contributed by atoms with E-state index in [9.17, 15) is 0 Å². The fraction of sp³-hybridized carbons (Fsp3) is 0.722. The second-order valence-corrected chi connectivity index (χ2v) is 14.1. The summed E-state index contributed by atoms with van der Waals surface area (Å²) in [4.78, 5) is 4.12. The summed E-state index contributed by atoms with van der Waals surface area (Å²) in [6.45, 7) is 13.4. The van der Waals surface area contributed by atoms with Crippen molar-refractivity contribution in [2.75, 3.05) is 0 Å². The van der Waals surface area contributed by atoms with Crippen molar-refractivity contribution in [3.8, 4) is 0 Å². The van der Waals surface area contributed by atoms with Gasteiger partial charge in [-0.3, -0.25) is 4.98 Å². The number of hydrogen-bond acceptors (Lipinski definition) is 4. The first kappa shape index (κ1) is 21.5. The van der Waals surface area contributed by atoms with Crippen LogP contribution in [-0.4, -0.2) is 28.2 Å². The number of pyridine rings is 1. The minimum atomic E-state index is -2.23. The summed E-state index contributed by atoms with van der Waals surface area (Å²) in [6, 6.07) is 3.95. The molecule has 1 atom stereocenters. The molecule has 0 aliphatic carbocycles. The van der Waals surface area contributed by atoms with Gasteiger partial charge in [-0.25, -0.2) is 0 Å². The normalized spacial score (nSPS) is 13.9. The lowest BCUT2D eigenvalue weighted by Gasteiger charge is -2.35. The van der Waals surface area contributed by atoms with Gasteiger partial charge in [-0.1, -0.05) is 39.2 Å². The summed E-state index contributed by atoms with van der Waals surface area (Å²) in [6.07, 6.45) is 9.84. The van der Waals surface area contributed by atoms with Gasteiger partial charge < -0.3 is 13.0 Å². The summed E-state index contributed by atoms with van der Waals surface area (Å²) in [7, 11) is -4.43. The molecule has 1 heterocycles. The number of nitrogens with zero attached hydrogens (tertiary/aromatic N) is 1. The Morgan fingerprint density at radius 2 is 1.83 bits per heavy atom. The van der Waals surface area contributed by atoms with Crippen molar-refractivity contribution in [2.24, 2.45) is 0 Å². The minimum absolute atomic E-state index is 0.307. The SMILES string of the molecule is CCCCCC(CC)O[Si](C)(C)O[Si](C)(C)OCc1cccnc1. The molecule has 0 radical (unpaired) electrons. The van der Waals surface area contributed by atoms with Crippen molar-refractivity contribution < 1.29 is 13.0 Å². The molecule has 0 spiro atoms. The van der Waals surface area contributed by atoms with Crippen LogP contribution >= 0.6 is 0 Å². The maximum Gasteiger partial charge on any atom is 0.323 e. The maximum absolute atomic E-state index is 6.40. The second-order valence-electron chi connectivity index (χ2n) is 7.20. The van der Waals surface area contributed by atoms with Crippen molar-refractivity contribution >= 4 is 17.1 Å². The molecule has 0 aromatic carbocycles. The van der Waals surface area contributed by atoms with E-state index in [0.29, 0.717) is 12.7 Å². The maximum atomic E-state index is 6.40. The van der Waals surface area contributed by atoms with Crippen LogP contribution in [0, 0.1) is 0 Å². The Morgan fingerprint density at radius 3 is 2.42 bits per heavy atom. The van der Waals surface area contributed by atoms with Crippen molar-refractivity contribution in [2.45, 2.75) is 84.9 Å². The Hall–Kier alpha value is -0.536. The van der Waals surface area contributed by atoms with E-state index in [4.69, 9.17) is 13.0 Å². The molecule has 0 amide bonds. The molecule has 1 rings (SSSR count). The van der Waals surface area contributed by atoms with E-state index < -0.39 is 17.1 Å². The van der Waals surface area contributed by atoms with Gasteiger partial charge in [0, 0.05) is 18.5 Å². The fourth-order valence-corrected chi connectivity index (χ4v) is 9.52. The van der Waals surface area contributed by atoms with Crippen LogP contribution in [0.15, 0.2) is 24.5 Å². The van der Waals surface area contributed by atoms with Gasteiger partial charge in [0.05, 0.1) is 6.61 Å². The summed E-state index contributed by atoms with van der Waals surface area (Å²) >= 11 is 0. The molecule has 0 aliphatic rings. The van der Waals surface area contributed by atoms with Gasteiger partial charge in [-0.15, -0.1) is 0 Å². The molecule has 1 aromatic heterocycles. The van der Waals surface area contributed by atoms with E-state index in [1.54, 1.807) is 6.20 Å². The Labute approximate surface area is 150 Å². The first-order chi connectivity index (χ1) is 11.3. The van der Waals surface area contributed by atoms with Crippen molar-refractivity contribution in [1.82, 2.24) is 4.98 Å². The zero-order valence-electron chi connectivity index (χ0n) is 16.3. The van der Waals surface area contributed by atoms with Crippen LogP contribution in [0.2, 0.25) is 26.2 Å².